The number of carbonyl (C=O) groups excluding carboxylic acids is 3. The van der Waals surface area contributed by atoms with E-state index in [0.29, 0.717) is 12.6 Å². The highest BCUT2D eigenvalue weighted by Crippen LogP contribution is 2.20. The summed E-state index contributed by atoms with van der Waals surface area (Å²) in [7, 11) is 1.57. The van der Waals surface area contributed by atoms with Crippen LogP contribution in [0.2, 0.25) is 0 Å². The van der Waals surface area contributed by atoms with Gasteiger partial charge in [-0.25, -0.2) is 4.79 Å². The zero-order valence-electron chi connectivity index (χ0n) is 14.4. The van der Waals surface area contributed by atoms with Gasteiger partial charge >= 0.3 is 6.03 Å². The van der Waals surface area contributed by atoms with Gasteiger partial charge in [0, 0.05) is 52.0 Å². The Bertz CT molecular complexity index is 520. The lowest BCUT2D eigenvalue weighted by atomic mass is 10.0. The number of rotatable bonds is 3. The molecule has 0 aromatic heterocycles. The normalized spacial score (nSPS) is 27.2. The minimum Gasteiger partial charge on any atom is -0.381 e. The maximum Gasteiger partial charge on any atom is 0.327 e. The average Bonchev–Trinajstić information content (AvgIpc) is 2.81. The summed E-state index contributed by atoms with van der Waals surface area (Å²) in [5.74, 6) is -0.449. The summed E-state index contributed by atoms with van der Waals surface area (Å²) in [5, 5.41) is 0. The van der Waals surface area contributed by atoms with Crippen LogP contribution in [0.5, 0.6) is 0 Å². The Morgan fingerprint density at radius 1 is 1.21 bits per heavy atom. The molecule has 0 saturated carbocycles. The number of hydrogen-bond acceptors (Lipinski definition) is 5. The lowest BCUT2D eigenvalue weighted by molar-refractivity contribution is -0.140. The van der Waals surface area contributed by atoms with Gasteiger partial charge in [-0.1, -0.05) is 0 Å². The molecule has 3 aliphatic rings. The van der Waals surface area contributed by atoms with Gasteiger partial charge in [-0.3, -0.25) is 19.4 Å². The lowest BCUT2D eigenvalue weighted by Crippen LogP contribution is -2.58. The zero-order chi connectivity index (χ0) is 17.3. The summed E-state index contributed by atoms with van der Waals surface area (Å²) in [5.41, 5.74) is 0. The van der Waals surface area contributed by atoms with Crippen LogP contribution in [0.25, 0.3) is 0 Å². The molecule has 24 heavy (non-hydrogen) atoms. The molecule has 3 heterocycles. The molecule has 4 amide bonds. The third-order valence-corrected chi connectivity index (χ3v) is 5.21. The number of imide groups is 1. The van der Waals surface area contributed by atoms with Crippen LogP contribution < -0.4 is 0 Å². The smallest absolute Gasteiger partial charge is 0.327 e. The number of likely N-dealkylation sites (N-methyl/N-ethyl adjacent to an activating group) is 1. The van der Waals surface area contributed by atoms with Crippen molar-refractivity contribution < 1.29 is 19.1 Å². The molecule has 134 valence electrons. The van der Waals surface area contributed by atoms with Gasteiger partial charge in [0.05, 0.1) is 0 Å². The van der Waals surface area contributed by atoms with Crippen LogP contribution in [-0.4, -0.2) is 103 Å². The predicted octanol–water partition coefficient (Wildman–Crippen LogP) is -0.408. The number of ether oxygens (including phenoxy) is 1. The van der Waals surface area contributed by atoms with Crippen molar-refractivity contribution in [2.75, 3.05) is 53.0 Å². The van der Waals surface area contributed by atoms with E-state index in [2.05, 4.69) is 4.90 Å². The molecule has 0 N–H and O–H groups in total. The highest BCUT2D eigenvalue weighted by atomic mass is 16.5. The van der Waals surface area contributed by atoms with Crippen LogP contribution in [0.1, 0.15) is 19.8 Å². The molecular weight excluding hydrogens is 312 g/mol. The Labute approximate surface area is 142 Å². The van der Waals surface area contributed by atoms with Crippen LogP contribution in [0.3, 0.4) is 0 Å². The number of nitrogens with zero attached hydrogens (tertiary/aromatic N) is 4. The fourth-order valence-electron chi connectivity index (χ4n) is 3.79. The standard InChI is InChI=1S/C16H26N4O4/c1-12-9-18(13-3-7-24-8-4-13)5-6-19(12)15(22)11-20-14(21)10-17(2)16(20)23/h12-13H,3-11H2,1-2H3/t12-/m1/s1. The summed E-state index contributed by atoms with van der Waals surface area (Å²) in [6, 6.07) is 0.232. The SMILES string of the molecule is C[C@@H]1CN(C2CCOCC2)CCN1C(=O)CN1C(=O)CN(C)C1=O. The number of carbonyl (C=O) groups is 3. The molecule has 3 rings (SSSR count). The van der Waals surface area contributed by atoms with Crippen LogP contribution in [0, 0.1) is 0 Å². The molecule has 1 atom stereocenters. The quantitative estimate of drug-likeness (QED) is 0.654. The molecule has 0 aromatic carbocycles. The number of amides is 4. The minimum atomic E-state index is -0.387. The van der Waals surface area contributed by atoms with Gasteiger partial charge in [-0.05, 0) is 19.8 Å². The van der Waals surface area contributed by atoms with E-state index >= 15 is 0 Å². The molecule has 0 aromatic rings. The first-order valence-electron chi connectivity index (χ1n) is 8.64. The molecule has 0 radical (unpaired) electrons. The van der Waals surface area contributed by atoms with Crippen molar-refractivity contribution in [3.8, 4) is 0 Å². The van der Waals surface area contributed by atoms with Gasteiger partial charge < -0.3 is 14.5 Å². The number of hydrogen-bond donors (Lipinski definition) is 0. The molecule has 3 aliphatic heterocycles. The average molecular weight is 338 g/mol. The van der Waals surface area contributed by atoms with E-state index in [1.165, 1.54) is 4.90 Å². The van der Waals surface area contributed by atoms with E-state index in [0.717, 1.165) is 44.0 Å². The largest absolute Gasteiger partial charge is 0.381 e. The third-order valence-electron chi connectivity index (χ3n) is 5.21. The Balaban J connectivity index is 1.55. The van der Waals surface area contributed by atoms with E-state index in [1.54, 1.807) is 11.9 Å². The van der Waals surface area contributed by atoms with Crippen LogP contribution in [0.4, 0.5) is 4.79 Å². The summed E-state index contributed by atoms with van der Waals surface area (Å²) in [4.78, 5) is 42.9. The summed E-state index contributed by atoms with van der Waals surface area (Å²) in [6.45, 7) is 5.87. The van der Waals surface area contributed by atoms with Crippen LogP contribution in [-0.2, 0) is 14.3 Å². The van der Waals surface area contributed by atoms with Gasteiger partial charge in [0.2, 0.25) is 5.91 Å². The Hall–Kier alpha value is -1.67. The van der Waals surface area contributed by atoms with Crippen molar-refractivity contribution in [2.45, 2.75) is 31.8 Å². The van der Waals surface area contributed by atoms with Crippen molar-refractivity contribution >= 4 is 17.8 Å². The molecule has 3 saturated heterocycles. The lowest BCUT2D eigenvalue weighted by Gasteiger charge is -2.44. The highest BCUT2D eigenvalue weighted by molar-refractivity contribution is 6.04. The molecule has 8 heteroatoms. The fourth-order valence-corrected chi connectivity index (χ4v) is 3.79. The highest BCUT2D eigenvalue weighted by Gasteiger charge is 2.38. The van der Waals surface area contributed by atoms with Crippen LogP contribution >= 0.6 is 0 Å². The van der Waals surface area contributed by atoms with E-state index in [4.69, 9.17) is 4.74 Å². The molecule has 3 fully saturated rings. The second-order valence-corrected chi connectivity index (χ2v) is 6.89. The first-order valence-corrected chi connectivity index (χ1v) is 8.64. The second kappa shape index (κ2) is 7.06. The van der Waals surface area contributed by atoms with Gasteiger partial charge in [0.25, 0.3) is 5.91 Å². The Morgan fingerprint density at radius 2 is 1.92 bits per heavy atom. The predicted molar refractivity (Wildman–Crippen MR) is 86.3 cm³/mol. The monoisotopic (exact) mass is 338 g/mol. The maximum atomic E-state index is 12.6. The first kappa shape index (κ1) is 17.2. The maximum absolute atomic E-state index is 12.6. The molecule has 0 bridgehead atoms. The van der Waals surface area contributed by atoms with Gasteiger partial charge in [0.15, 0.2) is 0 Å². The fraction of sp³-hybridized carbons (Fsp3) is 0.812. The van der Waals surface area contributed by atoms with E-state index in [1.807, 2.05) is 6.92 Å². The summed E-state index contributed by atoms with van der Waals surface area (Å²) < 4.78 is 5.42. The van der Waals surface area contributed by atoms with Crippen molar-refractivity contribution in [1.82, 2.24) is 19.6 Å². The molecule has 0 unspecified atom stereocenters. The third kappa shape index (κ3) is 3.39. The van der Waals surface area contributed by atoms with E-state index < -0.39 is 0 Å². The Kier molecular flexibility index (Phi) is 5.05. The molecule has 0 aliphatic carbocycles. The van der Waals surface area contributed by atoms with E-state index in [9.17, 15) is 14.4 Å². The zero-order valence-corrected chi connectivity index (χ0v) is 14.4. The Morgan fingerprint density at radius 3 is 2.50 bits per heavy atom. The van der Waals surface area contributed by atoms with Crippen molar-refractivity contribution in [3.05, 3.63) is 0 Å². The second-order valence-electron chi connectivity index (χ2n) is 6.89. The van der Waals surface area contributed by atoms with Crippen LogP contribution in [0.15, 0.2) is 0 Å². The summed E-state index contributed by atoms with van der Waals surface area (Å²) in [6.07, 6.45) is 2.09. The summed E-state index contributed by atoms with van der Waals surface area (Å²) >= 11 is 0. The van der Waals surface area contributed by atoms with Crippen molar-refractivity contribution in [3.63, 3.8) is 0 Å². The molecule has 8 nitrogen and oxygen atoms in total. The molecular formula is C16H26N4O4. The van der Waals surface area contributed by atoms with Gasteiger partial charge in [0.1, 0.15) is 13.1 Å². The number of piperazine rings is 1. The van der Waals surface area contributed by atoms with Gasteiger partial charge in [-0.15, -0.1) is 0 Å². The topological polar surface area (TPSA) is 73.4 Å². The number of urea groups is 1. The minimum absolute atomic E-state index is 0.0548. The molecule has 0 spiro atoms. The van der Waals surface area contributed by atoms with Crippen molar-refractivity contribution in [2.24, 2.45) is 0 Å². The van der Waals surface area contributed by atoms with Gasteiger partial charge in [-0.2, -0.15) is 0 Å². The van der Waals surface area contributed by atoms with E-state index in [-0.39, 0.29) is 37.0 Å². The first-order chi connectivity index (χ1) is 11.5. The van der Waals surface area contributed by atoms with Crippen molar-refractivity contribution in [1.29, 1.82) is 0 Å².